The number of sulfonamides is 1. The molecule has 2 aromatic carbocycles. The molecule has 0 aliphatic carbocycles. The number of piperazine rings is 1. The highest BCUT2D eigenvalue weighted by Gasteiger charge is 2.27. The van der Waals surface area contributed by atoms with Gasteiger partial charge in [-0.1, -0.05) is 18.2 Å². The molecule has 35 heavy (non-hydrogen) atoms. The third-order valence-electron chi connectivity index (χ3n) is 6.48. The van der Waals surface area contributed by atoms with E-state index in [9.17, 15) is 17.6 Å². The van der Waals surface area contributed by atoms with Gasteiger partial charge in [0.1, 0.15) is 10.7 Å². The topological polar surface area (TPSA) is 91.8 Å². The number of carbonyl (C=O) groups is 1. The Labute approximate surface area is 203 Å². The Morgan fingerprint density at radius 3 is 2.66 bits per heavy atom. The Morgan fingerprint density at radius 1 is 1.11 bits per heavy atom. The number of nitrogens with zero attached hydrogens (tertiary/aromatic N) is 3. The second kappa shape index (κ2) is 9.88. The van der Waals surface area contributed by atoms with Gasteiger partial charge in [0.15, 0.2) is 0 Å². The first-order chi connectivity index (χ1) is 16.9. The normalized spacial score (nSPS) is 19.2. The molecule has 0 bridgehead atoms. The molecule has 1 aromatic heterocycles. The Hall–Kier alpha value is -3.08. The van der Waals surface area contributed by atoms with Gasteiger partial charge in [-0.15, -0.1) is 0 Å². The molecule has 3 aromatic rings. The molecule has 2 aliphatic rings. The lowest BCUT2D eigenvalue weighted by atomic mass is 10.1. The maximum Gasteiger partial charge on any atom is 0.264 e. The van der Waals surface area contributed by atoms with Gasteiger partial charge in [-0.05, 0) is 43.2 Å². The number of hydrogen-bond acceptors (Lipinski definition) is 6. The summed E-state index contributed by atoms with van der Waals surface area (Å²) in [6.07, 6.45) is 3.94. The van der Waals surface area contributed by atoms with E-state index in [0.717, 1.165) is 32.1 Å². The van der Waals surface area contributed by atoms with Crippen LogP contribution in [0.1, 0.15) is 23.2 Å². The van der Waals surface area contributed by atoms with Crippen LogP contribution in [0.5, 0.6) is 0 Å². The van der Waals surface area contributed by atoms with Crippen molar-refractivity contribution in [3.05, 3.63) is 66.1 Å². The molecular weight excluding hydrogens is 471 g/mol. The quantitative estimate of drug-likeness (QED) is 0.562. The predicted molar refractivity (Wildman–Crippen MR) is 130 cm³/mol. The van der Waals surface area contributed by atoms with Crippen molar-refractivity contribution in [1.29, 1.82) is 0 Å². The van der Waals surface area contributed by atoms with Crippen LogP contribution in [0.3, 0.4) is 0 Å². The van der Waals surface area contributed by atoms with Crippen molar-refractivity contribution in [2.75, 3.05) is 44.1 Å². The van der Waals surface area contributed by atoms with Crippen molar-refractivity contribution < 1.29 is 22.3 Å². The number of ether oxygens (including phenoxy) is 1. The summed E-state index contributed by atoms with van der Waals surface area (Å²) < 4.78 is 49.0. The maximum atomic E-state index is 14.9. The number of para-hydroxylation sites is 1. The molecule has 0 spiro atoms. The molecule has 8 nitrogen and oxygen atoms in total. The van der Waals surface area contributed by atoms with Gasteiger partial charge in [0.25, 0.3) is 15.9 Å². The minimum absolute atomic E-state index is 0.00274. The van der Waals surface area contributed by atoms with Crippen LogP contribution in [0.2, 0.25) is 0 Å². The summed E-state index contributed by atoms with van der Waals surface area (Å²) in [5.74, 6) is -1.17. The lowest BCUT2D eigenvalue weighted by molar-refractivity contribution is 0.0430. The first-order valence-corrected chi connectivity index (χ1v) is 13.2. The third kappa shape index (κ3) is 5.14. The van der Waals surface area contributed by atoms with Crippen molar-refractivity contribution in [3.8, 4) is 0 Å². The molecule has 184 valence electrons. The van der Waals surface area contributed by atoms with Gasteiger partial charge in [-0.2, -0.15) is 0 Å². The van der Waals surface area contributed by atoms with Gasteiger partial charge in [0.2, 0.25) is 0 Å². The monoisotopic (exact) mass is 498 g/mol. The summed E-state index contributed by atoms with van der Waals surface area (Å²) in [7, 11) is -4.02. The fourth-order valence-electron chi connectivity index (χ4n) is 4.64. The van der Waals surface area contributed by atoms with Crippen LogP contribution in [0.15, 0.2) is 59.6 Å². The van der Waals surface area contributed by atoms with Gasteiger partial charge in [0.05, 0.1) is 22.9 Å². The average Bonchev–Trinajstić information content (AvgIpc) is 3.37. The van der Waals surface area contributed by atoms with Crippen LogP contribution in [0.4, 0.5) is 10.1 Å². The second-order valence-corrected chi connectivity index (χ2v) is 10.5. The van der Waals surface area contributed by atoms with E-state index < -0.39 is 21.7 Å². The fourth-order valence-corrected chi connectivity index (χ4v) is 5.87. The van der Waals surface area contributed by atoms with Crippen molar-refractivity contribution in [2.45, 2.75) is 23.8 Å². The molecule has 2 fully saturated rings. The number of carbonyl (C=O) groups excluding carboxylic acids is 1. The standard InChI is InChI=1S/C25H27FN4O4S/c26-22-16-19(28-35(32,33)23-7-1-4-18-5-2-10-27-24(18)23)8-9-21(22)25(31)30-13-11-29(12-14-30)17-20-6-3-15-34-20/h1-2,4-5,7-10,16,20,28H,3,6,11-15,17H2. The van der Waals surface area contributed by atoms with Gasteiger partial charge < -0.3 is 9.64 Å². The molecule has 1 amide bonds. The third-order valence-corrected chi connectivity index (χ3v) is 7.90. The van der Waals surface area contributed by atoms with Crippen molar-refractivity contribution in [1.82, 2.24) is 14.8 Å². The number of nitrogens with one attached hydrogen (secondary N) is 1. The van der Waals surface area contributed by atoms with Crippen LogP contribution in [-0.2, 0) is 14.8 Å². The van der Waals surface area contributed by atoms with Gasteiger partial charge in [-0.3, -0.25) is 19.4 Å². The molecule has 3 heterocycles. The SMILES string of the molecule is O=C(c1ccc(NS(=O)(=O)c2cccc3cccnc23)cc1F)N1CCN(CC2CCCO2)CC1. The van der Waals surface area contributed by atoms with E-state index in [-0.39, 0.29) is 22.3 Å². The summed E-state index contributed by atoms with van der Waals surface area (Å²) in [6.45, 7) is 4.11. The summed E-state index contributed by atoms with van der Waals surface area (Å²) in [6, 6.07) is 12.1. The van der Waals surface area contributed by atoms with Gasteiger partial charge in [0, 0.05) is 50.9 Å². The number of aromatic nitrogens is 1. The highest BCUT2D eigenvalue weighted by molar-refractivity contribution is 7.93. The zero-order valence-electron chi connectivity index (χ0n) is 19.2. The minimum Gasteiger partial charge on any atom is -0.377 e. The van der Waals surface area contributed by atoms with E-state index in [1.807, 2.05) is 0 Å². The zero-order valence-corrected chi connectivity index (χ0v) is 20.0. The summed E-state index contributed by atoms with van der Waals surface area (Å²) >= 11 is 0. The average molecular weight is 499 g/mol. The van der Waals surface area contributed by atoms with Crippen LogP contribution in [0.25, 0.3) is 10.9 Å². The molecule has 0 saturated carbocycles. The largest absolute Gasteiger partial charge is 0.377 e. The van der Waals surface area contributed by atoms with E-state index >= 15 is 0 Å². The number of fused-ring (bicyclic) bond motifs is 1. The van der Waals surface area contributed by atoms with Gasteiger partial charge in [-0.25, -0.2) is 12.8 Å². The summed E-state index contributed by atoms with van der Waals surface area (Å²) in [5, 5.41) is 0.679. The zero-order chi connectivity index (χ0) is 24.4. The van der Waals surface area contributed by atoms with E-state index in [0.29, 0.717) is 37.1 Å². The van der Waals surface area contributed by atoms with Crippen LogP contribution in [-0.4, -0.2) is 74.5 Å². The van der Waals surface area contributed by atoms with Crippen LogP contribution >= 0.6 is 0 Å². The Kier molecular flexibility index (Phi) is 6.68. The molecule has 1 atom stereocenters. The summed E-state index contributed by atoms with van der Waals surface area (Å²) in [4.78, 5) is 21.0. The highest BCUT2D eigenvalue weighted by Crippen LogP contribution is 2.25. The lowest BCUT2D eigenvalue weighted by Gasteiger charge is -2.35. The maximum absolute atomic E-state index is 14.9. The molecule has 1 unspecified atom stereocenters. The van der Waals surface area contributed by atoms with Crippen molar-refractivity contribution >= 4 is 32.5 Å². The second-order valence-electron chi connectivity index (χ2n) is 8.86. The number of hydrogen-bond donors (Lipinski definition) is 1. The van der Waals surface area contributed by atoms with Gasteiger partial charge >= 0.3 is 0 Å². The lowest BCUT2D eigenvalue weighted by Crippen LogP contribution is -2.50. The smallest absolute Gasteiger partial charge is 0.264 e. The predicted octanol–water partition coefficient (Wildman–Crippen LogP) is 3.11. The number of amides is 1. The van der Waals surface area contributed by atoms with E-state index in [2.05, 4.69) is 14.6 Å². The number of pyridine rings is 1. The first kappa shape index (κ1) is 23.7. The molecule has 0 radical (unpaired) electrons. The number of halogens is 1. The number of rotatable bonds is 6. The fraction of sp³-hybridized carbons (Fsp3) is 0.360. The van der Waals surface area contributed by atoms with Crippen LogP contribution in [0, 0.1) is 5.82 Å². The van der Waals surface area contributed by atoms with E-state index in [1.165, 1.54) is 24.4 Å². The molecule has 1 N–H and O–H groups in total. The van der Waals surface area contributed by atoms with E-state index in [4.69, 9.17) is 4.74 Å². The first-order valence-electron chi connectivity index (χ1n) is 11.7. The highest BCUT2D eigenvalue weighted by atomic mass is 32.2. The van der Waals surface area contributed by atoms with Crippen molar-refractivity contribution in [2.24, 2.45) is 0 Å². The minimum atomic E-state index is -4.02. The van der Waals surface area contributed by atoms with E-state index in [1.54, 1.807) is 29.2 Å². The molecule has 5 rings (SSSR count). The summed E-state index contributed by atoms with van der Waals surface area (Å²) in [5.41, 5.74) is 0.286. The Morgan fingerprint density at radius 2 is 1.91 bits per heavy atom. The molecule has 2 saturated heterocycles. The number of anilines is 1. The molecule has 10 heteroatoms. The van der Waals surface area contributed by atoms with Crippen molar-refractivity contribution in [3.63, 3.8) is 0 Å². The van der Waals surface area contributed by atoms with Crippen LogP contribution < -0.4 is 4.72 Å². The molecular formula is C25H27FN4O4S. The Balaban J connectivity index is 1.26. The Bertz CT molecular complexity index is 1330. The number of benzene rings is 2. The molecule has 2 aliphatic heterocycles.